The molecule has 10 heteroatoms. The Morgan fingerprint density at radius 3 is 2.72 bits per heavy atom. The number of methoxy groups -OCH3 is 1. The van der Waals surface area contributed by atoms with Gasteiger partial charge in [0.1, 0.15) is 23.9 Å². The van der Waals surface area contributed by atoms with Gasteiger partial charge in [0.05, 0.1) is 13.7 Å². The summed E-state index contributed by atoms with van der Waals surface area (Å²) in [5.41, 5.74) is 1.05. The molecule has 2 aromatic heterocycles. The molecule has 2 aromatic carbocycles. The number of ether oxygens (including phenoxy) is 3. The Hall–Kier alpha value is -4.21. The van der Waals surface area contributed by atoms with Crippen LogP contribution in [0.4, 0.5) is 4.39 Å². The molecular weight excluding hydrogens is 417 g/mol. The number of benzene rings is 2. The number of rotatable bonds is 9. The van der Waals surface area contributed by atoms with Crippen molar-refractivity contribution in [3.63, 3.8) is 0 Å². The van der Waals surface area contributed by atoms with Crippen molar-refractivity contribution in [3.05, 3.63) is 66.5 Å². The zero-order valence-electron chi connectivity index (χ0n) is 17.2. The van der Waals surface area contributed by atoms with Gasteiger partial charge in [-0.1, -0.05) is 18.2 Å². The van der Waals surface area contributed by atoms with Crippen LogP contribution in [0.3, 0.4) is 0 Å². The fraction of sp³-hybridized carbons (Fsp3) is 0.182. The molecule has 0 bridgehead atoms. The van der Waals surface area contributed by atoms with Gasteiger partial charge in [-0.15, -0.1) is 15.3 Å². The lowest BCUT2D eigenvalue weighted by Crippen LogP contribution is -2.32. The number of aromatic nitrogens is 4. The molecule has 0 unspecified atom stereocenters. The van der Waals surface area contributed by atoms with Crippen LogP contribution in [0.25, 0.3) is 17.0 Å². The zero-order valence-corrected chi connectivity index (χ0v) is 17.2. The van der Waals surface area contributed by atoms with E-state index in [4.69, 9.17) is 14.2 Å². The maximum atomic E-state index is 13.5. The van der Waals surface area contributed by atoms with Crippen molar-refractivity contribution in [2.24, 2.45) is 0 Å². The Morgan fingerprint density at radius 1 is 1.03 bits per heavy atom. The van der Waals surface area contributed by atoms with Gasteiger partial charge in [-0.05, 0) is 30.3 Å². The summed E-state index contributed by atoms with van der Waals surface area (Å²) < 4.78 is 31.2. The number of nitrogens with one attached hydrogen (secondary N) is 1. The number of nitrogens with zero attached hydrogens (tertiary/aromatic N) is 4. The van der Waals surface area contributed by atoms with Gasteiger partial charge in [0.15, 0.2) is 18.1 Å². The van der Waals surface area contributed by atoms with E-state index in [1.54, 1.807) is 55.6 Å². The predicted molar refractivity (Wildman–Crippen MR) is 113 cm³/mol. The monoisotopic (exact) mass is 437 g/mol. The Balaban J connectivity index is 1.29. The Bertz CT molecular complexity index is 1230. The van der Waals surface area contributed by atoms with E-state index in [2.05, 4.69) is 20.6 Å². The number of amides is 1. The molecule has 1 N–H and O–H groups in total. The molecule has 4 rings (SSSR count). The fourth-order valence-corrected chi connectivity index (χ4v) is 2.89. The highest BCUT2D eigenvalue weighted by Crippen LogP contribution is 2.20. The molecule has 0 fully saturated rings. The lowest BCUT2D eigenvalue weighted by Gasteiger charge is -2.09. The van der Waals surface area contributed by atoms with Crippen molar-refractivity contribution in [1.29, 1.82) is 0 Å². The molecule has 0 atom stereocenters. The van der Waals surface area contributed by atoms with E-state index in [1.165, 1.54) is 16.6 Å². The molecule has 164 valence electrons. The van der Waals surface area contributed by atoms with Crippen molar-refractivity contribution in [2.45, 2.75) is 0 Å². The van der Waals surface area contributed by atoms with Crippen LogP contribution < -0.4 is 19.5 Å². The number of hydrogen-bond acceptors (Lipinski definition) is 7. The van der Waals surface area contributed by atoms with E-state index in [0.717, 1.165) is 0 Å². The molecule has 0 aliphatic carbocycles. The van der Waals surface area contributed by atoms with Crippen LogP contribution in [0.1, 0.15) is 0 Å². The predicted octanol–water partition coefficient (Wildman–Crippen LogP) is 2.51. The minimum atomic E-state index is -0.377. The van der Waals surface area contributed by atoms with Gasteiger partial charge < -0.3 is 19.5 Å². The average Bonchev–Trinajstić information content (AvgIpc) is 3.24. The molecule has 0 saturated carbocycles. The summed E-state index contributed by atoms with van der Waals surface area (Å²) in [5, 5.41) is 15.2. The van der Waals surface area contributed by atoms with Crippen molar-refractivity contribution in [3.8, 4) is 28.8 Å². The van der Waals surface area contributed by atoms with Gasteiger partial charge in [-0.2, -0.15) is 4.52 Å². The number of fused-ring (bicyclic) bond motifs is 1. The summed E-state index contributed by atoms with van der Waals surface area (Å²) in [6, 6.07) is 16.4. The summed E-state index contributed by atoms with van der Waals surface area (Å²) in [4.78, 5) is 12.0. The van der Waals surface area contributed by atoms with Crippen LogP contribution in [0.5, 0.6) is 17.4 Å². The molecule has 4 aromatic rings. The first kappa shape index (κ1) is 21.0. The van der Waals surface area contributed by atoms with Gasteiger partial charge >= 0.3 is 0 Å². The summed E-state index contributed by atoms with van der Waals surface area (Å²) >= 11 is 0. The van der Waals surface area contributed by atoms with Crippen LogP contribution in [0.2, 0.25) is 0 Å². The SMILES string of the molecule is COc1cccc(OCC(=O)NCCOc2ccc3nnc(-c4cccc(F)c4)n3n2)c1. The van der Waals surface area contributed by atoms with Crippen LogP contribution in [0, 0.1) is 5.82 Å². The topological polar surface area (TPSA) is 99.9 Å². The molecule has 2 heterocycles. The third-order valence-corrected chi connectivity index (χ3v) is 4.41. The summed E-state index contributed by atoms with van der Waals surface area (Å²) in [7, 11) is 1.56. The molecule has 0 spiro atoms. The van der Waals surface area contributed by atoms with Crippen LogP contribution in [-0.4, -0.2) is 52.6 Å². The first-order valence-electron chi connectivity index (χ1n) is 9.77. The Morgan fingerprint density at radius 2 is 1.88 bits per heavy atom. The Labute approximate surface area is 182 Å². The normalized spacial score (nSPS) is 10.7. The van der Waals surface area contributed by atoms with E-state index in [9.17, 15) is 9.18 Å². The minimum absolute atomic E-state index is 0.130. The largest absolute Gasteiger partial charge is 0.497 e. The van der Waals surface area contributed by atoms with Crippen LogP contribution in [0.15, 0.2) is 60.7 Å². The van der Waals surface area contributed by atoms with Gasteiger partial charge in [0.25, 0.3) is 5.91 Å². The van der Waals surface area contributed by atoms with E-state index in [-0.39, 0.29) is 31.5 Å². The first-order chi connectivity index (χ1) is 15.6. The van der Waals surface area contributed by atoms with Crippen molar-refractivity contribution < 1.29 is 23.4 Å². The molecule has 0 aliphatic heterocycles. The van der Waals surface area contributed by atoms with Gasteiger partial charge in [0.2, 0.25) is 5.88 Å². The van der Waals surface area contributed by atoms with Crippen LogP contribution in [-0.2, 0) is 4.79 Å². The summed E-state index contributed by atoms with van der Waals surface area (Å²) in [5.74, 6) is 1.24. The highest BCUT2D eigenvalue weighted by Gasteiger charge is 2.11. The smallest absolute Gasteiger partial charge is 0.258 e. The molecule has 32 heavy (non-hydrogen) atoms. The highest BCUT2D eigenvalue weighted by atomic mass is 19.1. The first-order valence-corrected chi connectivity index (χ1v) is 9.77. The van der Waals surface area contributed by atoms with Gasteiger partial charge in [0, 0.05) is 17.7 Å². The lowest BCUT2D eigenvalue weighted by molar-refractivity contribution is -0.123. The molecule has 0 radical (unpaired) electrons. The number of halogens is 1. The third-order valence-electron chi connectivity index (χ3n) is 4.41. The van der Waals surface area contributed by atoms with Gasteiger partial charge in [-0.25, -0.2) is 4.39 Å². The van der Waals surface area contributed by atoms with Crippen molar-refractivity contribution in [1.82, 2.24) is 25.1 Å². The van der Waals surface area contributed by atoms with Crippen LogP contribution >= 0.6 is 0 Å². The van der Waals surface area contributed by atoms with E-state index in [0.29, 0.717) is 34.4 Å². The lowest BCUT2D eigenvalue weighted by atomic mass is 10.2. The third kappa shape index (κ3) is 5.09. The number of carbonyl (C=O) groups excluding carboxylic acids is 1. The average molecular weight is 437 g/mol. The minimum Gasteiger partial charge on any atom is -0.497 e. The molecule has 0 saturated heterocycles. The van der Waals surface area contributed by atoms with E-state index >= 15 is 0 Å². The van der Waals surface area contributed by atoms with Gasteiger partial charge in [-0.3, -0.25) is 4.79 Å². The summed E-state index contributed by atoms with van der Waals surface area (Å²) in [6.45, 7) is 0.328. The second-order valence-corrected chi connectivity index (χ2v) is 6.64. The van der Waals surface area contributed by atoms with Crippen molar-refractivity contribution in [2.75, 3.05) is 26.9 Å². The fourth-order valence-electron chi connectivity index (χ4n) is 2.89. The van der Waals surface area contributed by atoms with E-state index < -0.39 is 0 Å². The summed E-state index contributed by atoms with van der Waals surface area (Å²) in [6.07, 6.45) is 0. The standard InChI is InChI=1S/C22H20FN5O4/c1-30-17-6-3-7-18(13-17)32-14-20(29)24-10-11-31-21-9-8-19-25-26-22(28(19)27-21)15-4-2-5-16(23)12-15/h2-9,12-13H,10-11,14H2,1H3,(H,24,29). The number of hydrogen-bond donors (Lipinski definition) is 1. The quantitative estimate of drug-likeness (QED) is 0.402. The number of carbonyl (C=O) groups is 1. The van der Waals surface area contributed by atoms with Crippen molar-refractivity contribution >= 4 is 11.6 Å². The second-order valence-electron chi connectivity index (χ2n) is 6.64. The maximum Gasteiger partial charge on any atom is 0.258 e. The zero-order chi connectivity index (χ0) is 22.3. The Kier molecular flexibility index (Phi) is 6.40. The molecule has 1 amide bonds. The molecular formula is C22H20FN5O4. The maximum absolute atomic E-state index is 13.5. The molecule has 0 aliphatic rings. The molecule has 9 nitrogen and oxygen atoms in total. The van der Waals surface area contributed by atoms with E-state index in [1.807, 2.05) is 0 Å². The highest BCUT2D eigenvalue weighted by molar-refractivity contribution is 5.77. The second kappa shape index (κ2) is 9.73.